The summed E-state index contributed by atoms with van der Waals surface area (Å²) in [5.74, 6) is 0.877. The van der Waals surface area contributed by atoms with Crippen LogP contribution in [0.25, 0.3) is 55.9 Å². The van der Waals surface area contributed by atoms with Gasteiger partial charge in [0, 0.05) is 45.9 Å². The highest BCUT2D eigenvalue weighted by Crippen LogP contribution is 2.57. The Morgan fingerprint density at radius 3 is 2.02 bits per heavy atom. The van der Waals surface area contributed by atoms with Crippen LogP contribution in [0, 0.1) is 0 Å². The van der Waals surface area contributed by atoms with Crippen molar-refractivity contribution in [3.8, 4) is 11.1 Å². The molecule has 2 aromatic heterocycles. The number of hydrogen-bond donors (Lipinski definition) is 0. The van der Waals surface area contributed by atoms with E-state index in [1.807, 2.05) is 12.3 Å². The van der Waals surface area contributed by atoms with E-state index in [1.165, 1.54) is 77.1 Å². The van der Waals surface area contributed by atoms with Gasteiger partial charge in [-0.1, -0.05) is 146 Å². The van der Waals surface area contributed by atoms with E-state index in [2.05, 4.69) is 211 Å². The molecule has 0 aliphatic heterocycles. The van der Waals surface area contributed by atoms with Crippen LogP contribution < -0.4 is 4.90 Å². The van der Waals surface area contributed by atoms with Crippen LogP contribution in [0.4, 0.5) is 17.2 Å². The maximum atomic E-state index is 4.82. The first-order chi connectivity index (χ1) is 28.2. The molecule has 57 heavy (non-hydrogen) atoms. The minimum atomic E-state index is -0.524. The fraction of sp³-hybridized carbons (Fsp3) is 0.0556. The van der Waals surface area contributed by atoms with Crippen LogP contribution in [-0.2, 0) is 12.0 Å². The van der Waals surface area contributed by atoms with Crippen LogP contribution in [-0.4, -0.2) is 9.55 Å². The van der Waals surface area contributed by atoms with Gasteiger partial charge in [-0.05, 0) is 117 Å². The summed E-state index contributed by atoms with van der Waals surface area (Å²) in [5, 5.41) is 5.31. The van der Waals surface area contributed by atoms with Gasteiger partial charge >= 0.3 is 0 Å². The minimum absolute atomic E-state index is 0.524. The Balaban J connectivity index is 1.11. The molecule has 0 unspecified atom stereocenters. The molecule has 0 saturated heterocycles. The van der Waals surface area contributed by atoms with E-state index in [0.29, 0.717) is 0 Å². The Morgan fingerprint density at radius 1 is 0.544 bits per heavy atom. The molecule has 2 heterocycles. The fourth-order valence-electron chi connectivity index (χ4n) is 9.68. The van der Waals surface area contributed by atoms with Crippen LogP contribution >= 0.6 is 0 Å². The number of anilines is 3. The van der Waals surface area contributed by atoms with Gasteiger partial charge in [0.1, 0.15) is 5.82 Å². The third-order valence-corrected chi connectivity index (χ3v) is 12.1. The van der Waals surface area contributed by atoms with Crippen LogP contribution in [0.5, 0.6) is 0 Å². The summed E-state index contributed by atoms with van der Waals surface area (Å²) >= 11 is 0. The summed E-state index contributed by atoms with van der Waals surface area (Å²) in [7, 11) is 0. The van der Waals surface area contributed by atoms with Gasteiger partial charge in [0.05, 0.1) is 5.41 Å². The van der Waals surface area contributed by atoms with Gasteiger partial charge in [0.2, 0.25) is 0 Å². The van der Waals surface area contributed by atoms with E-state index >= 15 is 0 Å². The Labute approximate surface area is 332 Å². The maximum absolute atomic E-state index is 4.82. The first kappa shape index (κ1) is 33.1. The van der Waals surface area contributed by atoms with Gasteiger partial charge in [-0.3, -0.25) is 4.90 Å². The number of para-hydroxylation sites is 1. The molecule has 0 amide bonds. The second kappa shape index (κ2) is 13.2. The van der Waals surface area contributed by atoms with E-state index in [9.17, 15) is 0 Å². The molecule has 0 fully saturated rings. The molecule has 0 bridgehead atoms. The average molecular weight is 730 g/mol. The van der Waals surface area contributed by atoms with Crippen molar-refractivity contribution in [3.05, 3.63) is 228 Å². The Hall–Kier alpha value is -7.23. The van der Waals surface area contributed by atoms with Crippen molar-refractivity contribution < 1.29 is 0 Å². The summed E-state index contributed by atoms with van der Waals surface area (Å²) in [4.78, 5) is 7.07. The van der Waals surface area contributed by atoms with E-state index in [1.54, 1.807) is 0 Å². The summed E-state index contributed by atoms with van der Waals surface area (Å²) in [5.41, 5.74) is 14.1. The molecule has 3 nitrogen and oxygen atoms in total. The number of benzene rings is 8. The van der Waals surface area contributed by atoms with E-state index in [0.717, 1.165) is 23.7 Å². The number of aryl methyl sites for hydroxylation is 1. The predicted octanol–water partition coefficient (Wildman–Crippen LogP) is 13.8. The summed E-state index contributed by atoms with van der Waals surface area (Å²) in [6.45, 7) is 3.18. The zero-order chi connectivity index (χ0) is 37.9. The number of aromatic nitrogens is 2. The van der Waals surface area contributed by atoms with Crippen molar-refractivity contribution in [2.24, 2.45) is 0 Å². The molecule has 0 saturated carbocycles. The van der Waals surface area contributed by atoms with Crippen LogP contribution in [0.15, 0.2) is 194 Å². The van der Waals surface area contributed by atoms with Gasteiger partial charge in [-0.15, -0.1) is 0 Å². The maximum Gasteiger partial charge on any atom is 0.137 e. The second-order valence-electron chi connectivity index (χ2n) is 15.0. The molecule has 270 valence electrons. The van der Waals surface area contributed by atoms with E-state index in [4.69, 9.17) is 4.98 Å². The SMILES string of the molecule is CCn1c2cccc3ccc4c(/C=C/c5ccc6c(c5)C(c5ccccc5)(c5ccccc5)c5ccc(N(c7ccccc7)c7ccccn7)cc5-6)ccc1c4c32. The van der Waals surface area contributed by atoms with Crippen molar-refractivity contribution in [1.29, 1.82) is 0 Å². The van der Waals surface area contributed by atoms with Crippen molar-refractivity contribution in [2.45, 2.75) is 18.9 Å². The Bertz CT molecular complexity index is 3010. The number of pyridine rings is 1. The first-order valence-corrected chi connectivity index (χ1v) is 19.8. The molecule has 0 spiro atoms. The fourth-order valence-corrected chi connectivity index (χ4v) is 9.68. The summed E-state index contributed by atoms with van der Waals surface area (Å²) < 4.78 is 2.45. The number of hydrogen-bond acceptors (Lipinski definition) is 2. The van der Waals surface area contributed by atoms with Crippen molar-refractivity contribution in [2.75, 3.05) is 4.90 Å². The lowest BCUT2D eigenvalue weighted by molar-refractivity contribution is 0.768. The molecule has 0 N–H and O–H groups in total. The lowest BCUT2D eigenvalue weighted by Crippen LogP contribution is -2.28. The van der Waals surface area contributed by atoms with Gasteiger partial charge in [-0.2, -0.15) is 0 Å². The summed E-state index contributed by atoms with van der Waals surface area (Å²) in [6.07, 6.45) is 6.47. The highest BCUT2D eigenvalue weighted by molar-refractivity contribution is 6.25. The van der Waals surface area contributed by atoms with Crippen molar-refractivity contribution in [1.82, 2.24) is 9.55 Å². The standard InChI is InChI=1S/C54H39N3/c1-2-56-49-22-14-15-39-27-31-44-38(28-33-50(56)53(44)52(39)49)26-24-37-25-30-45-46-36-43(57(42-20-10-5-11-21-42)51-23-12-13-34-55-51)29-32-47(46)54(48(45)35-37,40-16-6-3-7-17-40)41-18-8-4-9-19-41/h3-36H,2H2,1H3/b26-24+. The third-order valence-electron chi connectivity index (χ3n) is 12.1. The average Bonchev–Trinajstić information content (AvgIpc) is 3.77. The highest BCUT2D eigenvalue weighted by atomic mass is 15.2. The topological polar surface area (TPSA) is 21.1 Å². The van der Waals surface area contributed by atoms with Crippen LogP contribution in [0.2, 0.25) is 0 Å². The molecule has 0 radical (unpaired) electrons. The predicted molar refractivity (Wildman–Crippen MR) is 239 cm³/mol. The highest BCUT2D eigenvalue weighted by Gasteiger charge is 2.46. The lowest BCUT2D eigenvalue weighted by atomic mass is 9.67. The van der Waals surface area contributed by atoms with E-state index in [-0.39, 0.29) is 0 Å². The molecule has 8 aromatic carbocycles. The smallest absolute Gasteiger partial charge is 0.137 e. The van der Waals surface area contributed by atoms with Gasteiger partial charge in [-0.25, -0.2) is 4.98 Å². The zero-order valence-electron chi connectivity index (χ0n) is 31.7. The molecule has 11 rings (SSSR count). The number of nitrogens with zero attached hydrogens (tertiary/aromatic N) is 3. The third kappa shape index (κ3) is 5.02. The molecule has 3 heteroatoms. The molecule has 1 aliphatic carbocycles. The first-order valence-electron chi connectivity index (χ1n) is 19.8. The van der Waals surface area contributed by atoms with E-state index < -0.39 is 5.41 Å². The van der Waals surface area contributed by atoms with Crippen LogP contribution in [0.1, 0.15) is 40.3 Å². The normalized spacial score (nSPS) is 13.1. The summed E-state index contributed by atoms with van der Waals surface area (Å²) in [6, 6.07) is 68.6. The van der Waals surface area contributed by atoms with Crippen LogP contribution in [0.3, 0.4) is 0 Å². The number of fused-ring (bicyclic) bond motifs is 3. The van der Waals surface area contributed by atoms with Gasteiger partial charge < -0.3 is 4.57 Å². The number of rotatable bonds is 8. The van der Waals surface area contributed by atoms with Crippen molar-refractivity contribution in [3.63, 3.8) is 0 Å². The quantitative estimate of drug-likeness (QED) is 0.115. The molecule has 0 atom stereocenters. The Kier molecular flexibility index (Phi) is 7.68. The largest absolute Gasteiger partial charge is 0.341 e. The van der Waals surface area contributed by atoms with Crippen molar-refractivity contribution >= 4 is 61.9 Å². The molecule has 1 aliphatic rings. The minimum Gasteiger partial charge on any atom is -0.341 e. The van der Waals surface area contributed by atoms with Gasteiger partial charge in [0.25, 0.3) is 0 Å². The molecular formula is C54H39N3. The second-order valence-corrected chi connectivity index (χ2v) is 15.0. The monoisotopic (exact) mass is 729 g/mol. The molecule has 10 aromatic rings. The Morgan fingerprint density at radius 2 is 1.28 bits per heavy atom. The zero-order valence-corrected chi connectivity index (χ0v) is 31.7. The molecular weight excluding hydrogens is 691 g/mol. The van der Waals surface area contributed by atoms with Gasteiger partial charge in [0.15, 0.2) is 0 Å². The lowest BCUT2D eigenvalue weighted by Gasteiger charge is -2.34.